The summed E-state index contributed by atoms with van der Waals surface area (Å²) < 4.78 is 12.6. The van der Waals surface area contributed by atoms with Gasteiger partial charge in [0.15, 0.2) is 6.23 Å². The number of aryl methyl sites for hydroxylation is 2. The van der Waals surface area contributed by atoms with Crippen LogP contribution >= 0.6 is 12.2 Å². The highest BCUT2D eigenvalue weighted by molar-refractivity contribution is 7.71. The van der Waals surface area contributed by atoms with Gasteiger partial charge < -0.3 is 24.8 Å². The highest BCUT2D eigenvalue weighted by atomic mass is 32.1. The van der Waals surface area contributed by atoms with Crippen molar-refractivity contribution in [2.24, 2.45) is 5.11 Å². The number of ether oxygens (including phenoxy) is 2. The molecule has 2 aromatic rings. The Morgan fingerprint density at radius 1 is 1.36 bits per heavy atom. The van der Waals surface area contributed by atoms with Gasteiger partial charge >= 0.3 is 0 Å². The van der Waals surface area contributed by atoms with Crippen molar-refractivity contribution in [2.75, 3.05) is 6.61 Å². The maximum atomic E-state index is 10.3. The highest BCUT2D eigenvalue weighted by Gasteiger charge is 2.54. The Hall–Kier alpha value is -2.53. The average Bonchev–Trinajstić information content (AvgIpc) is 2.91. The summed E-state index contributed by atoms with van der Waals surface area (Å²) in [6.45, 7) is 3.00. The maximum Gasteiger partial charge on any atom is 0.223 e. The lowest BCUT2D eigenvalue weighted by Crippen LogP contribution is -2.44. The second-order valence-corrected chi connectivity index (χ2v) is 6.78. The zero-order valence-corrected chi connectivity index (χ0v) is 15.9. The quantitative estimate of drug-likeness (QED) is 0.299. The topological polar surface area (TPSA) is 146 Å². The first-order chi connectivity index (χ1) is 13.3. The predicted molar refractivity (Wildman–Crippen MR) is 100 cm³/mol. The first-order valence-corrected chi connectivity index (χ1v) is 8.78. The Kier molecular flexibility index (Phi) is 5.66. The number of hydrogen-bond donors (Lipinski definition) is 3. The molecular weight excluding hydrogens is 386 g/mol. The Bertz CT molecular complexity index is 972. The minimum Gasteiger partial charge on any atom is -0.438 e. The monoisotopic (exact) mass is 405 g/mol. The standard InChI is InChI=1S/C17H19N5O5S/c1-9-4-3-5-10(2)13(9)26-11-6-7-22(16(28)19-11)15-12(24)14(25)17(8-23,27-15)20-21-18/h3-7,12,14-15,23-25H,8H2,1-2H3/t12?,14-,15-,17-/m1/s1. The van der Waals surface area contributed by atoms with Crippen LogP contribution in [0.2, 0.25) is 0 Å². The molecule has 0 amide bonds. The summed E-state index contributed by atoms with van der Waals surface area (Å²) in [4.78, 5) is 6.76. The van der Waals surface area contributed by atoms with Crippen LogP contribution in [-0.4, -0.2) is 49.4 Å². The largest absolute Gasteiger partial charge is 0.438 e. The molecule has 11 heteroatoms. The third kappa shape index (κ3) is 3.47. The van der Waals surface area contributed by atoms with E-state index >= 15 is 0 Å². The Morgan fingerprint density at radius 2 is 2.04 bits per heavy atom. The lowest BCUT2D eigenvalue weighted by atomic mass is 10.1. The maximum absolute atomic E-state index is 10.3. The molecule has 28 heavy (non-hydrogen) atoms. The van der Waals surface area contributed by atoms with Crippen molar-refractivity contribution in [3.05, 3.63) is 56.8 Å². The zero-order chi connectivity index (χ0) is 20.5. The minimum atomic E-state index is -2.01. The fourth-order valence-electron chi connectivity index (χ4n) is 3.03. The van der Waals surface area contributed by atoms with Crippen LogP contribution < -0.4 is 4.74 Å². The molecule has 0 spiro atoms. The molecule has 1 aliphatic heterocycles. The summed E-state index contributed by atoms with van der Waals surface area (Å²) in [5, 5.41) is 33.3. The minimum absolute atomic E-state index is 0.00895. The molecule has 0 bridgehead atoms. The van der Waals surface area contributed by atoms with Crippen LogP contribution in [0.5, 0.6) is 11.6 Å². The summed E-state index contributed by atoms with van der Waals surface area (Å²) in [6, 6.07) is 7.27. The van der Waals surface area contributed by atoms with Gasteiger partial charge in [-0.2, -0.15) is 4.98 Å². The zero-order valence-electron chi connectivity index (χ0n) is 15.1. The molecule has 148 valence electrons. The van der Waals surface area contributed by atoms with Gasteiger partial charge in [-0.25, -0.2) is 0 Å². The van der Waals surface area contributed by atoms with Crippen LogP contribution in [0.3, 0.4) is 0 Å². The second-order valence-electron chi connectivity index (χ2n) is 6.41. The van der Waals surface area contributed by atoms with Crippen molar-refractivity contribution in [2.45, 2.75) is 38.0 Å². The molecule has 3 N–H and O–H groups in total. The van der Waals surface area contributed by atoms with E-state index in [-0.39, 0.29) is 10.7 Å². The van der Waals surface area contributed by atoms with Crippen molar-refractivity contribution in [3.63, 3.8) is 0 Å². The van der Waals surface area contributed by atoms with E-state index in [1.807, 2.05) is 32.0 Å². The van der Waals surface area contributed by atoms with Gasteiger partial charge in [-0.1, -0.05) is 23.3 Å². The number of azide groups is 1. The molecule has 1 aliphatic rings. The fraction of sp³-hybridized carbons (Fsp3) is 0.412. The second kappa shape index (κ2) is 7.84. The Labute approximate surface area is 165 Å². The van der Waals surface area contributed by atoms with Crippen LogP contribution in [0, 0.1) is 18.6 Å². The highest BCUT2D eigenvalue weighted by Crippen LogP contribution is 2.38. The molecule has 0 saturated carbocycles. The molecule has 0 radical (unpaired) electrons. The van der Waals surface area contributed by atoms with E-state index in [1.165, 1.54) is 16.8 Å². The molecule has 0 aliphatic carbocycles. The molecule has 1 fully saturated rings. The van der Waals surface area contributed by atoms with Crippen molar-refractivity contribution < 1.29 is 24.8 Å². The smallest absolute Gasteiger partial charge is 0.223 e. The summed E-state index contributed by atoms with van der Waals surface area (Å²) in [5.41, 5.74) is 8.53. The summed E-state index contributed by atoms with van der Waals surface area (Å²) in [5.74, 6) is 0.910. The van der Waals surface area contributed by atoms with E-state index in [2.05, 4.69) is 15.0 Å². The van der Waals surface area contributed by atoms with Gasteiger partial charge in [0.1, 0.15) is 18.0 Å². The van der Waals surface area contributed by atoms with Crippen molar-refractivity contribution >= 4 is 12.2 Å². The summed E-state index contributed by atoms with van der Waals surface area (Å²) in [7, 11) is 0. The van der Waals surface area contributed by atoms with Crippen LogP contribution in [0.4, 0.5) is 0 Å². The van der Waals surface area contributed by atoms with Gasteiger partial charge in [0, 0.05) is 17.2 Å². The van der Waals surface area contributed by atoms with E-state index in [1.54, 1.807) is 0 Å². The number of benzene rings is 1. The van der Waals surface area contributed by atoms with Crippen LogP contribution in [0.15, 0.2) is 35.6 Å². The number of rotatable bonds is 5. The number of hydrogen-bond acceptors (Lipinski definition) is 8. The van der Waals surface area contributed by atoms with E-state index < -0.39 is 30.8 Å². The van der Waals surface area contributed by atoms with Gasteiger partial charge in [-0.05, 0) is 42.7 Å². The first kappa shape index (κ1) is 20.2. The molecular formula is C17H19N5O5S. The predicted octanol–water partition coefficient (Wildman–Crippen LogP) is 2.27. The third-order valence-corrected chi connectivity index (χ3v) is 4.84. The van der Waals surface area contributed by atoms with Crippen molar-refractivity contribution in [3.8, 4) is 11.6 Å². The van der Waals surface area contributed by atoms with E-state index in [9.17, 15) is 15.3 Å². The van der Waals surface area contributed by atoms with Gasteiger partial charge in [0.25, 0.3) is 0 Å². The lowest BCUT2D eigenvalue weighted by molar-refractivity contribution is -0.124. The first-order valence-electron chi connectivity index (χ1n) is 8.37. The number of para-hydroxylation sites is 1. The number of aliphatic hydroxyl groups excluding tert-OH is 3. The third-order valence-electron chi connectivity index (χ3n) is 4.54. The molecule has 10 nitrogen and oxygen atoms in total. The van der Waals surface area contributed by atoms with Crippen molar-refractivity contribution in [1.82, 2.24) is 9.55 Å². The molecule has 2 heterocycles. The van der Waals surface area contributed by atoms with E-state index in [0.29, 0.717) is 5.75 Å². The summed E-state index contributed by atoms with van der Waals surface area (Å²) in [6.07, 6.45) is -2.88. The number of aliphatic hydroxyl groups is 3. The van der Waals surface area contributed by atoms with Crippen LogP contribution in [0.1, 0.15) is 17.4 Å². The molecule has 3 rings (SSSR count). The van der Waals surface area contributed by atoms with Gasteiger partial charge in [-0.15, -0.1) is 0 Å². The van der Waals surface area contributed by atoms with Gasteiger partial charge in [0.05, 0.1) is 6.61 Å². The normalized spacial score (nSPS) is 26.7. The Morgan fingerprint density at radius 3 is 2.61 bits per heavy atom. The number of aromatic nitrogens is 2. The number of nitrogens with zero attached hydrogens (tertiary/aromatic N) is 5. The Balaban J connectivity index is 1.91. The SMILES string of the molecule is Cc1cccc(C)c1Oc1ccn([C@@H]2O[C@@](CO)(N=[N+]=[N-])[C@H](O)C2O)c(=S)n1. The van der Waals surface area contributed by atoms with Crippen molar-refractivity contribution in [1.29, 1.82) is 0 Å². The van der Waals surface area contributed by atoms with E-state index in [4.69, 9.17) is 27.2 Å². The van der Waals surface area contributed by atoms with Crippen LogP contribution in [-0.2, 0) is 4.74 Å². The van der Waals surface area contributed by atoms with Gasteiger partial charge in [-0.3, -0.25) is 4.57 Å². The average molecular weight is 405 g/mol. The summed E-state index contributed by atoms with van der Waals surface area (Å²) >= 11 is 5.26. The van der Waals surface area contributed by atoms with E-state index in [0.717, 1.165) is 11.1 Å². The molecule has 1 aromatic carbocycles. The molecule has 1 saturated heterocycles. The fourth-order valence-corrected chi connectivity index (χ4v) is 3.28. The molecule has 4 atom stereocenters. The molecule has 1 unspecified atom stereocenters. The lowest BCUT2D eigenvalue weighted by Gasteiger charge is -2.23. The molecule has 1 aromatic heterocycles. The van der Waals surface area contributed by atoms with Crippen LogP contribution in [0.25, 0.3) is 10.4 Å². The van der Waals surface area contributed by atoms with Gasteiger partial charge in [0.2, 0.25) is 16.4 Å².